The summed E-state index contributed by atoms with van der Waals surface area (Å²) in [4.78, 5) is 4.45. The van der Waals surface area contributed by atoms with E-state index in [9.17, 15) is 0 Å². The van der Waals surface area contributed by atoms with Crippen LogP contribution in [-0.4, -0.2) is 11.5 Å². The maximum atomic E-state index is 4.45. The van der Waals surface area contributed by atoms with E-state index >= 15 is 0 Å². The van der Waals surface area contributed by atoms with Crippen molar-refractivity contribution >= 4 is 21.7 Å². The molecular formula is C12H19BrN2. The molecule has 1 unspecified atom stereocenters. The Morgan fingerprint density at radius 2 is 2.00 bits per heavy atom. The molecule has 0 radical (unpaired) electrons. The minimum atomic E-state index is 0.663. The minimum absolute atomic E-state index is 0.663. The number of anilines is 1. The van der Waals surface area contributed by atoms with Crippen LogP contribution >= 0.6 is 15.9 Å². The van der Waals surface area contributed by atoms with Crippen molar-refractivity contribution in [2.45, 2.75) is 27.7 Å². The van der Waals surface area contributed by atoms with Crippen LogP contribution in [0.15, 0.2) is 16.6 Å². The monoisotopic (exact) mass is 270 g/mol. The smallest absolute Gasteiger partial charge is 0.126 e. The second-order valence-corrected chi connectivity index (χ2v) is 5.22. The lowest BCUT2D eigenvalue weighted by atomic mass is 9.98. The molecule has 1 N–H and O–H groups in total. The van der Waals surface area contributed by atoms with Gasteiger partial charge in [-0.3, -0.25) is 0 Å². The third kappa shape index (κ3) is 3.82. The highest BCUT2D eigenvalue weighted by Gasteiger charge is 2.07. The lowest BCUT2D eigenvalue weighted by Crippen LogP contribution is -2.16. The molecule has 0 saturated heterocycles. The zero-order chi connectivity index (χ0) is 11.4. The van der Waals surface area contributed by atoms with Crippen LogP contribution in [0.5, 0.6) is 0 Å². The molecule has 15 heavy (non-hydrogen) atoms. The average molecular weight is 271 g/mol. The SMILES string of the molecule is Cc1nc(NCC(C)C(C)C)ccc1Br. The second-order valence-electron chi connectivity index (χ2n) is 4.37. The van der Waals surface area contributed by atoms with Gasteiger partial charge in [0.2, 0.25) is 0 Å². The summed E-state index contributed by atoms with van der Waals surface area (Å²) in [6.45, 7) is 9.72. The molecule has 1 aromatic heterocycles. The summed E-state index contributed by atoms with van der Waals surface area (Å²) in [5.41, 5.74) is 1.03. The zero-order valence-corrected chi connectivity index (χ0v) is 11.4. The van der Waals surface area contributed by atoms with Gasteiger partial charge in [0.05, 0.1) is 5.69 Å². The van der Waals surface area contributed by atoms with Gasteiger partial charge in [0.25, 0.3) is 0 Å². The highest BCUT2D eigenvalue weighted by molar-refractivity contribution is 9.10. The fraction of sp³-hybridized carbons (Fsp3) is 0.583. The third-order valence-corrected chi connectivity index (χ3v) is 3.60. The Balaban J connectivity index is 2.55. The summed E-state index contributed by atoms with van der Waals surface area (Å²) in [6, 6.07) is 4.04. The lowest BCUT2D eigenvalue weighted by Gasteiger charge is -2.16. The summed E-state index contributed by atoms with van der Waals surface area (Å²) in [5.74, 6) is 2.33. The molecule has 1 atom stereocenters. The number of aryl methyl sites for hydroxylation is 1. The Kier molecular flexibility index (Phi) is 4.58. The van der Waals surface area contributed by atoms with Gasteiger partial charge in [-0.15, -0.1) is 0 Å². The van der Waals surface area contributed by atoms with Gasteiger partial charge in [-0.1, -0.05) is 20.8 Å². The number of hydrogen-bond acceptors (Lipinski definition) is 2. The largest absolute Gasteiger partial charge is 0.370 e. The van der Waals surface area contributed by atoms with E-state index in [1.807, 2.05) is 19.1 Å². The van der Waals surface area contributed by atoms with Crippen LogP contribution in [0.25, 0.3) is 0 Å². The van der Waals surface area contributed by atoms with Crippen molar-refractivity contribution in [2.24, 2.45) is 11.8 Å². The Labute approximate surface area is 101 Å². The van der Waals surface area contributed by atoms with Gasteiger partial charge in [-0.25, -0.2) is 4.98 Å². The van der Waals surface area contributed by atoms with Crippen LogP contribution in [0.2, 0.25) is 0 Å². The van der Waals surface area contributed by atoms with E-state index in [4.69, 9.17) is 0 Å². The number of halogens is 1. The zero-order valence-electron chi connectivity index (χ0n) is 9.84. The van der Waals surface area contributed by atoms with Crippen molar-refractivity contribution in [1.82, 2.24) is 4.98 Å². The van der Waals surface area contributed by atoms with Crippen LogP contribution in [-0.2, 0) is 0 Å². The van der Waals surface area contributed by atoms with Gasteiger partial charge in [0.15, 0.2) is 0 Å². The third-order valence-electron chi connectivity index (χ3n) is 2.76. The Bertz CT molecular complexity index is 323. The number of pyridine rings is 1. The summed E-state index contributed by atoms with van der Waals surface area (Å²) < 4.78 is 1.06. The maximum Gasteiger partial charge on any atom is 0.126 e. The molecule has 0 aliphatic heterocycles. The molecule has 0 amide bonds. The van der Waals surface area contributed by atoms with Crippen LogP contribution < -0.4 is 5.32 Å². The van der Waals surface area contributed by atoms with Crippen molar-refractivity contribution in [3.63, 3.8) is 0 Å². The van der Waals surface area contributed by atoms with E-state index in [0.29, 0.717) is 11.8 Å². The molecule has 0 spiro atoms. The van der Waals surface area contributed by atoms with Crippen molar-refractivity contribution in [1.29, 1.82) is 0 Å². The standard InChI is InChI=1S/C12H19BrN2/c1-8(2)9(3)7-14-12-6-5-11(13)10(4)15-12/h5-6,8-9H,7H2,1-4H3,(H,14,15). The van der Waals surface area contributed by atoms with E-state index < -0.39 is 0 Å². The van der Waals surface area contributed by atoms with Crippen molar-refractivity contribution in [2.75, 3.05) is 11.9 Å². The number of nitrogens with zero attached hydrogens (tertiary/aromatic N) is 1. The molecule has 1 rings (SSSR count). The second kappa shape index (κ2) is 5.50. The molecule has 2 nitrogen and oxygen atoms in total. The van der Waals surface area contributed by atoms with Crippen molar-refractivity contribution < 1.29 is 0 Å². The van der Waals surface area contributed by atoms with Crippen LogP contribution in [0.4, 0.5) is 5.82 Å². The first-order chi connectivity index (χ1) is 7.00. The molecule has 1 aromatic rings. The first kappa shape index (κ1) is 12.5. The van der Waals surface area contributed by atoms with Gasteiger partial charge in [0, 0.05) is 11.0 Å². The minimum Gasteiger partial charge on any atom is -0.370 e. The Morgan fingerprint density at radius 1 is 1.33 bits per heavy atom. The van der Waals surface area contributed by atoms with Gasteiger partial charge >= 0.3 is 0 Å². The van der Waals surface area contributed by atoms with Gasteiger partial charge < -0.3 is 5.32 Å². The molecule has 0 saturated carbocycles. The fourth-order valence-corrected chi connectivity index (χ4v) is 1.36. The van der Waals surface area contributed by atoms with Crippen molar-refractivity contribution in [3.05, 3.63) is 22.3 Å². The van der Waals surface area contributed by atoms with E-state index in [0.717, 1.165) is 22.5 Å². The molecule has 3 heteroatoms. The number of aromatic nitrogens is 1. The Hall–Kier alpha value is -0.570. The summed E-state index contributed by atoms with van der Waals surface area (Å²) in [7, 11) is 0. The highest BCUT2D eigenvalue weighted by Crippen LogP contribution is 2.17. The lowest BCUT2D eigenvalue weighted by molar-refractivity contribution is 0.439. The predicted molar refractivity (Wildman–Crippen MR) is 69.2 cm³/mol. The van der Waals surface area contributed by atoms with Crippen LogP contribution in [0.1, 0.15) is 26.5 Å². The number of rotatable bonds is 4. The molecule has 0 bridgehead atoms. The summed E-state index contributed by atoms with van der Waals surface area (Å²) >= 11 is 3.44. The number of hydrogen-bond donors (Lipinski definition) is 1. The van der Waals surface area contributed by atoms with E-state index in [2.05, 4.69) is 47.0 Å². The highest BCUT2D eigenvalue weighted by atomic mass is 79.9. The van der Waals surface area contributed by atoms with Crippen LogP contribution in [0.3, 0.4) is 0 Å². The summed E-state index contributed by atoms with van der Waals surface area (Å²) in [5, 5.41) is 3.36. The molecule has 0 fully saturated rings. The predicted octanol–water partition coefficient (Wildman–Crippen LogP) is 3.86. The van der Waals surface area contributed by atoms with Crippen molar-refractivity contribution in [3.8, 4) is 0 Å². The Morgan fingerprint density at radius 3 is 2.53 bits per heavy atom. The maximum absolute atomic E-state index is 4.45. The van der Waals surface area contributed by atoms with Gasteiger partial charge in [-0.2, -0.15) is 0 Å². The van der Waals surface area contributed by atoms with Gasteiger partial charge in [0.1, 0.15) is 5.82 Å². The average Bonchev–Trinajstić information content (AvgIpc) is 2.19. The molecule has 84 valence electrons. The van der Waals surface area contributed by atoms with E-state index in [1.165, 1.54) is 0 Å². The molecule has 0 aliphatic rings. The van der Waals surface area contributed by atoms with E-state index in [-0.39, 0.29) is 0 Å². The fourth-order valence-electron chi connectivity index (χ4n) is 1.14. The normalized spacial score (nSPS) is 12.9. The van der Waals surface area contributed by atoms with Gasteiger partial charge in [-0.05, 0) is 46.8 Å². The molecule has 0 aromatic carbocycles. The number of nitrogens with one attached hydrogen (secondary N) is 1. The molecular weight excluding hydrogens is 252 g/mol. The topological polar surface area (TPSA) is 24.9 Å². The molecule has 0 aliphatic carbocycles. The first-order valence-corrected chi connectivity index (χ1v) is 6.17. The summed E-state index contributed by atoms with van der Waals surface area (Å²) in [6.07, 6.45) is 0. The van der Waals surface area contributed by atoms with Crippen LogP contribution in [0, 0.1) is 18.8 Å². The molecule has 1 heterocycles. The van der Waals surface area contributed by atoms with E-state index in [1.54, 1.807) is 0 Å². The quantitative estimate of drug-likeness (QED) is 0.899. The first-order valence-electron chi connectivity index (χ1n) is 5.37.